The van der Waals surface area contributed by atoms with Crippen LogP contribution in [0.15, 0.2) is 290 Å². The Kier molecular flexibility index (Phi) is 12.7. The first kappa shape index (κ1) is 59.7. The molecule has 8 bridgehead atoms. The molecule has 100 heavy (non-hydrogen) atoms. The summed E-state index contributed by atoms with van der Waals surface area (Å²) in [5.41, 5.74) is 16.8. The minimum atomic E-state index is -4.96. The molecule has 0 N–H and O–H groups in total. The van der Waals surface area contributed by atoms with Crippen LogP contribution in [0.3, 0.4) is 0 Å². The average Bonchev–Trinajstić information content (AvgIpc) is 0.681. The van der Waals surface area contributed by atoms with E-state index in [1.807, 2.05) is 47.1 Å². The predicted octanol–water partition coefficient (Wildman–Crippen LogP) is 19.3. The maximum absolute atomic E-state index is 8.21. The Labute approximate surface area is 581 Å². The van der Waals surface area contributed by atoms with Crippen LogP contribution >= 0.6 is 0 Å². The lowest BCUT2D eigenvalue weighted by atomic mass is 9.92. The summed E-state index contributed by atoms with van der Waals surface area (Å²) in [6.07, 6.45) is 7.92. The van der Waals surface area contributed by atoms with E-state index in [1.165, 1.54) is 22.8 Å². The Morgan fingerprint density at radius 3 is 0.540 bits per heavy atom. The molecule has 16 aromatic rings. The highest BCUT2D eigenvalue weighted by atomic mass is 28.6. The molecule has 0 spiro atoms. The van der Waals surface area contributed by atoms with E-state index in [1.54, 1.807) is 0 Å². The number of rotatable bonds is 12. The van der Waals surface area contributed by atoms with E-state index < -0.39 is 70.4 Å². The van der Waals surface area contributed by atoms with Gasteiger partial charge >= 0.3 is 70.4 Å². The van der Waals surface area contributed by atoms with Gasteiger partial charge in [0.1, 0.15) is 0 Å². The van der Waals surface area contributed by atoms with Gasteiger partial charge in [-0.2, -0.15) is 0 Å². The van der Waals surface area contributed by atoms with Crippen molar-refractivity contribution in [2.75, 3.05) is 0 Å². The van der Waals surface area contributed by atoms with Gasteiger partial charge in [0.05, 0.1) is 0 Å². The van der Waals surface area contributed by atoms with Crippen LogP contribution in [0, 0.1) is 0 Å². The molecule has 6 aliphatic rings. The van der Waals surface area contributed by atoms with Gasteiger partial charge in [-0.15, -0.1) is 26.3 Å². The summed E-state index contributed by atoms with van der Waals surface area (Å²) in [5, 5.41) is 26.4. The van der Waals surface area contributed by atoms with E-state index in [0.29, 0.717) is 0 Å². The molecular weight excluding hydrogens is 1380 g/mol. The Bertz CT molecular complexity index is 5960. The van der Waals surface area contributed by atoms with Crippen molar-refractivity contribution in [3.8, 4) is 0 Å². The highest BCUT2D eigenvalue weighted by Crippen LogP contribution is 2.52. The Hall–Kier alpha value is -9.14. The SMILES string of the molecule is C=C[Si]12O[Si]3(C=C)O[Si]4(C=C)O[Si](/C=C\c5ccc6ccc7cccc8ccc5c6c78)(O1)O[Si]1(/C=C/c5ccc6ccc7cccc8ccc5c6c78)O[Si](C=C)(O2)O[Si](/C=C\c2ccc5ccc6cccc7ccc2c5c67)(O3)O[Si](/C=C/c2ccc3ccc5cccc6ccc2c3c56)(O4)O1. The van der Waals surface area contributed by atoms with Crippen LogP contribution in [-0.2, 0) is 49.4 Å². The molecule has 6 aliphatic heterocycles. The third-order valence-electron chi connectivity index (χ3n) is 20.5. The highest BCUT2D eigenvalue weighted by molar-refractivity contribution is 7.08. The molecule has 0 radical (unpaired) electrons. The first-order valence-corrected chi connectivity index (χ1v) is 47.7. The third-order valence-corrected chi connectivity index (χ3v) is 52.1. The fraction of sp³-hybridized carbons (Fsp3) is 0. The lowest BCUT2D eigenvalue weighted by Crippen LogP contribution is -2.87. The van der Waals surface area contributed by atoms with Crippen molar-refractivity contribution >= 4 is 224 Å². The third kappa shape index (κ3) is 8.82. The summed E-state index contributed by atoms with van der Waals surface area (Å²) in [7, 11) is -38.6. The molecule has 8 unspecified atom stereocenters. The first-order chi connectivity index (χ1) is 48.8. The largest absolute Gasteiger partial charge is 0.508 e. The smallest absolute Gasteiger partial charge is 0.367 e. The summed E-state index contributed by atoms with van der Waals surface area (Å²) >= 11 is 0. The van der Waals surface area contributed by atoms with Gasteiger partial charge in [-0.25, -0.2) is 0 Å². The van der Waals surface area contributed by atoms with Crippen molar-refractivity contribution in [2.24, 2.45) is 0 Å². The normalized spacial score (nSPS) is 27.8. The van der Waals surface area contributed by atoms with E-state index in [9.17, 15) is 0 Å². The number of hydrogen-bond acceptors (Lipinski definition) is 12. The molecule has 12 nitrogen and oxygen atoms in total. The van der Waals surface area contributed by atoms with Crippen molar-refractivity contribution in [2.45, 2.75) is 0 Å². The van der Waals surface area contributed by atoms with Crippen molar-refractivity contribution in [1.29, 1.82) is 0 Å². The monoisotopic (exact) mass is 1430 g/mol. The predicted molar refractivity (Wildman–Crippen MR) is 417 cm³/mol. The second-order valence-corrected chi connectivity index (χ2v) is 48.7. The van der Waals surface area contributed by atoms with E-state index in [-0.39, 0.29) is 0 Å². The number of hydrogen-bond donors (Lipinski definition) is 0. The molecule has 6 saturated heterocycles. The Morgan fingerprint density at radius 1 is 0.180 bits per heavy atom. The van der Waals surface area contributed by atoms with E-state index >= 15 is 0 Å². The van der Waals surface area contributed by atoms with Gasteiger partial charge in [-0.1, -0.05) is 243 Å². The van der Waals surface area contributed by atoms with Gasteiger partial charge < -0.3 is 49.4 Å². The molecule has 20 heteroatoms. The molecule has 16 aromatic carbocycles. The average molecular weight is 1430 g/mol. The minimum Gasteiger partial charge on any atom is -0.367 e. The molecule has 8 atom stereocenters. The molecule has 0 saturated carbocycles. The lowest BCUT2D eigenvalue weighted by molar-refractivity contribution is -0.00574. The van der Waals surface area contributed by atoms with Crippen LogP contribution in [0.2, 0.25) is 0 Å². The molecule has 22 rings (SSSR count). The standard InChI is InChI=1S/C80H56O12Si8/c1-5-93-81-94(6-2)83-96(8-4)87-97(84-93,49-45-53-21-25-65-33-29-57-13-9-17-61-37-41-69(53)77(65)73(57)61)90-99(51-47-55-23-27-67-35-31-59-15-11-19-63-39-43-71(55)79(67)75(59)63)88-95(7-3,82-93)86-98(85-94,50-46-54-22-26-66-34-30-58-14-10-18-62-38-42-70(54)78(66)74(58)62)91-100(89-96,92-99)52-48-56-24-28-68-36-32-60-16-12-20-64-40-44-72(56)80(68)76(60)64/h5-52H,1-4H2/b49-45-,50-46-,51-47+,52-48+. The van der Waals surface area contributed by atoms with Gasteiger partial charge in [-0.3, -0.25) is 0 Å². The Balaban J connectivity index is 0.832. The molecule has 480 valence electrons. The van der Waals surface area contributed by atoms with Gasteiger partial charge in [0, 0.05) is 0 Å². The van der Waals surface area contributed by atoms with Crippen LogP contribution in [0.5, 0.6) is 0 Å². The van der Waals surface area contributed by atoms with Crippen LogP contribution in [0.4, 0.5) is 0 Å². The maximum Gasteiger partial charge on any atom is 0.508 e. The molecule has 6 heterocycles. The van der Waals surface area contributed by atoms with Gasteiger partial charge in [0.15, 0.2) is 0 Å². The number of benzene rings is 16. The van der Waals surface area contributed by atoms with Crippen molar-refractivity contribution in [3.63, 3.8) is 0 Å². The second kappa shape index (κ2) is 21.2. The zero-order valence-electron chi connectivity index (χ0n) is 53.4. The summed E-state index contributed by atoms with van der Waals surface area (Å²) in [5.74, 6) is 0. The quantitative estimate of drug-likeness (QED) is 0.0858. The van der Waals surface area contributed by atoms with Gasteiger partial charge in [0.2, 0.25) is 0 Å². The van der Waals surface area contributed by atoms with E-state index in [4.69, 9.17) is 49.4 Å². The molecule has 0 aliphatic carbocycles. The van der Waals surface area contributed by atoms with Crippen molar-refractivity contribution in [1.82, 2.24) is 0 Å². The van der Waals surface area contributed by atoms with Crippen molar-refractivity contribution in [3.05, 3.63) is 313 Å². The fourth-order valence-electron chi connectivity index (χ4n) is 16.2. The first-order valence-electron chi connectivity index (χ1n) is 33.2. The Morgan fingerprint density at radius 2 is 0.340 bits per heavy atom. The van der Waals surface area contributed by atoms with E-state index in [0.717, 1.165) is 152 Å². The summed E-state index contributed by atoms with van der Waals surface area (Å²) in [6.45, 7) is 17.9. The molecule has 0 amide bonds. The van der Waals surface area contributed by atoms with Crippen LogP contribution in [-0.4, -0.2) is 70.4 Å². The van der Waals surface area contributed by atoms with Gasteiger partial charge in [-0.05, 0) is 197 Å². The van der Waals surface area contributed by atoms with Crippen molar-refractivity contribution < 1.29 is 49.4 Å². The summed E-state index contributed by atoms with van der Waals surface area (Å²) < 4.78 is 94.7. The molecule has 6 fully saturated rings. The zero-order chi connectivity index (χ0) is 66.6. The zero-order valence-corrected chi connectivity index (χ0v) is 61.4. The second-order valence-electron chi connectivity index (χ2n) is 26.2. The van der Waals surface area contributed by atoms with Gasteiger partial charge in [0.25, 0.3) is 0 Å². The minimum absolute atomic E-state index is 0.845. The molecule has 0 aromatic heterocycles. The van der Waals surface area contributed by atoms with Crippen LogP contribution in [0.25, 0.3) is 154 Å². The van der Waals surface area contributed by atoms with Crippen LogP contribution in [0.1, 0.15) is 22.3 Å². The summed E-state index contributed by atoms with van der Waals surface area (Å²) in [4.78, 5) is 0. The fourth-order valence-corrected chi connectivity index (χ4v) is 57.0. The lowest BCUT2D eigenvalue weighted by Gasteiger charge is -2.60. The highest BCUT2D eigenvalue weighted by Gasteiger charge is 2.82. The molecular formula is C80H56O12Si8. The topological polar surface area (TPSA) is 111 Å². The summed E-state index contributed by atoms with van der Waals surface area (Å²) in [6, 6.07) is 77.1. The van der Waals surface area contributed by atoms with E-state index in [2.05, 4.69) is 245 Å². The van der Waals surface area contributed by atoms with Crippen LogP contribution < -0.4 is 0 Å². The maximum atomic E-state index is 8.21.